The lowest BCUT2D eigenvalue weighted by Gasteiger charge is -2.10. The molecule has 0 spiro atoms. The zero-order valence-electron chi connectivity index (χ0n) is 9.45. The minimum atomic E-state index is -0.305. The number of hydrogen-bond donors (Lipinski definition) is 1. The highest BCUT2D eigenvalue weighted by Gasteiger charge is 2.25. The van der Waals surface area contributed by atoms with Gasteiger partial charge in [-0.25, -0.2) is 14.4 Å². The van der Waals surface area contributed by atoms with Gasteiger partial charge in [0.2, 0.25) is 5.95 Å². The minimum Gasteiger partial charge on any atom is -0.351 e. The first-order valence-electron chi connectivity index (χ1n) is 5.64. The Morgan fingerprint density at radius 1 is 1.28 bits per heavy atom. The molecule has 0 bridgehead atoms. The Kier molecular flexibility index (Phi) is 2.88. The summed E-state index contributed by atoms with van der Waals surface area (Å²) in [5.74, 6) is 0.235. The zero-order valence-corrected chi connectivity index (χ0v) is 10.2. The summed E-state index contributed by atoms with van der Waals surface area (Å²) in [7, 11) is 0. The van der Waals surface area contributed by atoms with Crippen LogP contribution in [0, 0.1) is 11.9 Å². The number of hydrogen-bond acceptors (Lipinski definition) is 3. The SMILES string of the molecule is Fc1c(Cl)ccc2c1CC(Nc1nc[c]cn1)C2. The van der Waals surface area contributed by atoms with Gasteiger partial charge in [-0.1, -0.05) is 17.7 Å². The number of aromatic nitrogens is 2. The number of nitrogens with zero attached hydrogens (tertiary/aromatic N) is 2. The van der Waals surface area contributed by atoms with Gasteiger partial charge in [-0.3, -0.25) is 0 Å². The predicted molar refractivity (Wildman–Crippen MR) is 67.1 cm³/mol. The number of halogens is 2. The summed E-state index contributed by atoms with van der Waals surface area (Å²) in [5.41, 5.74) is 1.69. The minimum absolute atomic E-state index is 0.107. The van der Waals surface area contributed by atoms with Crippen molar-refractivity contribution in [3.05, 3.63) is 52.6 Å². The van der Waals surface area contributed by atoms with Gasteiger partial charge in [0.15, 0.2) is 0 Å². The highest BCUT2D eigenvalue weighted by molar-refractivity contribution is 6.30. The van der Waals surface area contributed by atoms with Crippen LogP contribution in [0.2, 0.25) is 5.02 Å². The van der Waals surface area contributed by atoms with E-state index in [0.717, 1.165) is 12.0 Å². The maximum absolute atomic E-state index is 13.8. The second-order valence-corrected chi connectivity index (χ2v) is 4.66. The van der Waals surface area contributed by atoms with Crippen LogP contribution < -0.4 is 5.32 Å². The van der Waals surface area contributed by atoms with Crippen molar-refractivity contribution in [2.45, 2.75) is 18.9 Å². The van der Waals surface area contributed by atoms with E-state index in [-0.39, 0.29) is 16.9 Å². The lowest BCUT2D eigenvalue weighted by molar-refractivity contribution is 0.610. The maximum Gasteiger partial charge on any atom is 0.222 e. The summed E-state index contributed by atoms with van der Waals surface area (Å²) in [4.78, 5) is 8.09. The van der Waals surface area contributed by atoms with Crippen molar-refractivity contribution < 1.29 is 4.39 Å². The third-order valence-electron chi connectivity index (χ3n) is 3.07. The molecule has 1 aromatic carbocycles. The van der Waals surface area contributed by atoms with Crippen molar-refractivity contribution >= 4 is 17.5 Å². The molecule has 1 atom stereocenters. The van der Waals surface area contributed by atoms with E-state index in [9.17, 15) is 4.39 Å². The Hall–Kier alpha value is -1.68. The summed E-state index contributed by atoms with van der Waals surface area (Å²) in [6, 6.07) is 6.34. The largest absolute Gasteiger partial charge is 0.351 e. The highest BCUT2D eigenvalue weighted by Crippen LogP contribution is 2.30. The number of benzene rings is 1. The molecule has 1 aliphatic carbocycles. The van der Waals surface area contributed by atoms with E-state index in [2.05, 4.69) is 21.4 Å². The topological polar surface area (TPSA) is 37.8 Å². The van der Waals surface area contributed by atoms with Crippen LogP contribution in [0.3, 0.4) is 0 Å². The molecule has 0 fully saturated rings. The number of rotatable bonds is 2. The van der Waals surface area contributed by atoms with Crippen LogP contribution in [0.15, 0.2) is 24.5 Å². The second-order valence-electron chi connectivity index (χ2n) is 4.26. The van der Waals surface area contributed by atoms with Crippen LogP contribution in [-0.4, -0.2) is 16.0 Å². The molecule has 1 aromatic heterocycles. The van der Waals surface area contributed by atoms with Gasteiger partial charge in [-0.2, -0.15) is 0 Å². The summed E-state index contributed by atoms with van der Waals surface area (Å²) < 4.78 is 13.8. The first-order chi connectivity index (χ1) is 8.74. The molecule has 1 heterocycles. The normalized spacial score (nSPS) is 17.6. The molecule has 5 heteroatoms. The Morgan fingerprint density at radius 2 is 2.06 bits per heavy atom. The molecule has 2 aromatic rings. The predicted octanol–water partition coefficient (Wildman–Crippen LogP) is 2.65. The molecular formula is C13H10ClFN3. The highest BCUT2D eigenvalue weighted by atomic mass is 35.5. The van der Waals surface area contributed by atoms with Gasteiger partial charge < -0.3 is 5.32 Å². The van der Waals surface area contributed by atoms with Crippen molar-refractivity contribution in [3.63, 3.8) is 0 Å². The van der Waals surface area contributed by atoms with Gasteiger partial charge >= 0.3 is 0 Å². The summed E-state index contributed by atoms with van der Waals surface area (Å²) in [5, 5.41) is 3.36. The molecular weight excluding hydrogens is 253 g/mol. The number of anilines is 1. The second kappa shape index (κ2) is 4.53. The molecule has 91 valence electrons. The Balaban J connectivity index is 1.79. The molecule has 1 aliphatic rings. The van der Waals surface area contributed by atoms with Crippen molar-refractivity contribution in [1.29, 1.82) is 0 Å². The average Bonchev–Trinajstić information content (AvgIpc) is 2.79. The van der Waals surface area contributed by atoms with Crippen LogP contribution in [0.5, 0.6) is 0 Å². The van der Waals surface area contributed by atoms with Gasteiger partial charge in [-0.15, -0.1) is 0 Å². The van der Waals surface area contributed by atoms with E-state index in [1.807, 2.05) is 6.07 Å². The van der Waals surface area contributed by atoms with Crippen molar-refractivity contribution in [2.24, 2.45) is 0 Å². The number of nitrogens with one attached hydrogen (secondary N) is 1. The fourth-order valence-corrected chi connectivity index (χ4v) is 2.43. The monoisotopic (exact) mass is 262 g/mol. The molecule has 1 N–H and O–H groups in total. The van der Waals surface area contributed by atoms with Gasteiger partial charge in [0, 0.05) is 24.5 Å². The molecule has 0 aliphatic heterocycles. The summed E-state index contributed by atoms with van der Waals surface area (Å²) in [6.07, 6.45) is 4.46. The summed E-state index contributed by atoms with van der Waals surface area (Å²) >= 11 is 5.78. The van der Waals surface area contributed by atoms with Crippen LogP contribution in [0.25, 0.3) is 0 Å². The van der Waals surface area contributed by atoms with Crippen LogP contribution in [0.4, 0.5) is 10.3 Å². The molecule has 18 heavy (non-hydrogen) atoms. The van der Waals surface area contributed by atoms with E-state index in [0.29, 0.717) is 17.9 Å². The molecule has 3 rings (SSSR count). The van der Waals surface area contributed by atoms with E-state index in [1.165, 1.54) is 0 Å². The van der Waals surface area contributed by atoms with Crippen LogP contribution >= 0.6 is 11.6 Å². The first kappa shape index (κ1) is 11.4. The molecule has 0 saturated carbocycles. The van der Waals surface area contributed by atoms with E-state index in [4.69, 9.17) is 11.6 Å². The third-order valence-corrected chi connectivity index (χ3v) is 3.36. The summed E-state index contributed by atoms with van der Waals surface area (Å²) in [6.45, 7) is 0. The van der Waals surface area contributed by atoms with Crippen molar-refractivity contribution in [3.8, 4) is 0 Å². The number of fused-ring (bicyclic) bond motifs is 1. The molecule has 3 nitrogen and oxygen atoms in total. The van der Waals surface area contributed by atoms with E-state index < -0.39 is 0 Å². The Morgan fingerprint density at radius 3 is 2.83 bits per heavy atom. The fraction of sp³-hybridized carbons (Fsp3) is 0.231. The standard InChI is InChI=1S/C13H10ClFN3/c14-11-3-2-8-6-9(7-10(8)12(11)15)18-13-16-4-1-5-17-13/h2-5,9H,6-7H2,(H,16,17,18). The fourth-order valence-electron chi connectivity index (χ4n) is 2.25. The van der Waals surface area contributed by atoms with Crippen LogP contribution in [0.1, 0.15) is 11.1 Å². The van der Waals surface area contributed by atoms with Gasteiger partial charge in [0.25, 0.3) is 0 Å². The van der Waals surface area contributed by atoms with Gasteiger partial charge in [0.05, 0.1) is 5.02 Å². The third kappa shape index (κ3) is 2.04. The lowest BCUT2D eigenvalue weighted by atomic mass is 10.1. The Labute approximate surface area is 109 Å². The smallest absolute Gasteiger partial charge is 0.222 e. The van der Waals surface area contributed by atoms with Crippen LogP contribution in [-0.2, 0) is 12.8 Å². The molecule has 1 radical (unpaired) electrons. The zero-order chi connectivity index (χ0) is 12.5. The first-order valence-corrected chi connectivity index (χ1v) is 6.02. The van der Waals surface area contributed by atoms with Gasteiger partial charge in [-0.05, 0) is 30.0 Å². The van der Waals surface area contributed by atoms with Crippen molar-refractivity contribution in [2.75, 3.05) is 5.32 Å². The maximum atomic E-state index is 13.8. The van der Waals surface area contributed by atoms with Gasteiger partial charge in [0.1, 0.15) is 5.82 Å². The lowest BCUT2D eigenvalue weighted by Crippen LogP contribution is -2.21. The average molecular weight is 263 g/mol. The molecule has 1 unspecified atom stereocenters. The molecule has 0 saturated heterocycles. The van der Waals surface area contributed by atoms with E-state index >= 15 is 0 Å². The Bertz CT molecular complexity index is 574. The van der Waals surface area contributed by atoms with E-state index in [1.54, 1.807) is 18.5 Å². The molecule has 0 amide bonds. The van der Waals surface area contributed by atoms with Crippen molar-refractivity contribution in [1.82, 2.24) is 9.97 Å². The quantitative estimate of drug-likeness (QED) is 0.904.